The molecule has 2 rings (SSSR count). The first-order valence-electron chi connectivity index (χ1n) is 5.81. The smallest absolute Gasteiger partial charge is 0.253 e. The number of nitrogens with two attached hydrogens (primary N) is 1. The van der Waals surface area contributed by atoms with Gasteiger partial charge in [0.25, 0.3) is 5.91 Å². The second-order valence-electron chi connectivity index (χ2n) is 4.52. The summed E-state index contributed by atoms with van der Waals surface area (Å²) in [6.07, 6.45) is 7.04. The lowest BCUT2D eigenvalue weighted by Crippen LogP contribution is -2.45. The molecule has 0 spiro atoms. The summed E-state index contributed by atoms with van der Waals surface area (Å²) in [6, 6.07) is 1.50. The fraction of sp³-hybridized carbons (Fsp3) is 0.500. The number of halogens is 1. The van der Waals surface area contributed by atoms with Gasteiger partial charge in [0.05, 0.1) is 17.4 Å². The van der Waals surface area contributed by atoms with E-state index in [2.05, 4.69) is 16.6 Å². The van der Waals surface area contributed by atoms with Crippen LogP contribution >= 0.6 is 23.4 Å². The first-order valence-corrected chi connectivity index (χ1v) is 7.41. The molecule has 0 unspecified atom stereocenters. The fourth-order valence-electron chi connectivity index (χ4n) is 2.00. The van der Waals surface area contributed by atoms with E-state index < -0.39 is 0 Å². The van der Waals surface area contributed by atoms with Crippen LogP contribution in [0.1, 0.15) is 29.6 Å². The SMILES string of the molecule is CSC1(CNC(=O)c2cc(Cl)ncc2N)CCC1. The molecule has 6 heteroatoms. The predicted molar refractivity (Wildman–Crippen MR) is 76.1 cm³/mol. The highest BCUT2D eigenvalue weighted by molar-refractivity contribution is 8.00. The van der Waals surface area contributed by atoms with Crippen LogP contribution in [0.25, 0.3) is 0 Å². The molecular formula is C12H16ClN3OS. The van der Waals surface area contributed by atoms with Gasteiger partial charge in [-0.2, -0.15) is 11.8 Å². The van der Waals surface area contributed by atoms with Gasteiger partial charge in [0, 0.05) is 11.3 Å². The molecule has 3 N–H and O–H groups in total. The Morgan fingerprint density at radius 1 is 1.67 bits per heavy atom. The van der Waals surface area contributed by atoms with Crippen LogP contribution in [0.5, 0.6) is 0 Å². The number of hydrogen-bond acceptors (Lipinski definition) is 4. The maximum absolute atomic E-state index is 12.0. The van der Waals surface area contributed by atoms with Crippen LogP contribution in [-0.4, -0.2) is 28.4 Å². The molecule has 1 fully saturated rings. The van der Waals surface area contributed by atoms with Gasteiger partial charge in [0.15, 0.2) is 0 Å². The second-order valence-corrected chi connectivity index (χ2v) is 6.18. The minimum absolute atomic E-state index is 0.183. The third kappa shape index (κ3) is 2.72. The largest absolute Gasteiger partial charge is 0.397 e. The van der Waals surface area contributed by atoms with Crippen molar-refractivity contribution >= 4 is 35.0 Å². The minimum Gasteiger partial charge on any atom is -0.397 e. The Labute approximate surface area is 116 Å². The highest BCUT2D eigenvalue weighted by atomic mass is 35.5. The van der Waals surface area contributed by atoms with Crippen molar-refractivity contribution in [2.75, 3.05) is 18.5 Å². The maximum atomic E-state index is 12.0. The molecular weight excluding hydrogens is 270 g/mol. The predicted octanol–water partition coefficient (Wildman–Crippen LogP) is 2.33. The van der Waals surface area contributed by atoms with Gasteiger partial charge in [-0.05, 0) is 25.2 Å². The standard InChI is InChI=1S/C12H16ClN3OS/c1-18-12(3-2-4-12)7-16-11(17)8-5-10(13)15-6-9(8)14/h5-6H,2-4,7,14H2,1H3,(H,16,17). The number of nitrogens with zero attached hydrogens (tertiary/aromatic N) is 1. The van der Waals surface area contributed by atoms with Crippen LogP contribution < -0.4 is 11.1 Å². The lowest BCUT2D eigenvalue weighted by Gasteiger charge is -2.40. The summed E-state index contributed by atoms with van der Waals surface area (Å²) in [7, 11) is 0. The Morgan fingerprint density at radius 3 is 2.94 bits per heavy atom. The number of rotatable bonds is 4. The van der Waals surface area contributed by atoms with Gasteiger partial charge in [0.2, 0.25) is 0 Å². The molecule has 4 nitrogen and oxygen atoms in total. The molecule has 0 atom stereocenters. The average molecular weight is 286 g/mol. The van der Waals surface area contributed by atoms with Gasteiger partial charge in [0.1, 0.15) is 5.15 Å². The van der Waals surface area contributed by atoms with Crippen molar-refractivity contribution in [2.24, 2.45) is 0 Å². The highest BCUT2D eigenvalue weighted by Gasteiger charge is 2.36. The summed E-state index contributed by atoms with van der Waals surface area (Å²) >= 11 is 7.59. The monoisotopic (exact) mass is 285 g/mol. The van der Waals surface area contributed by atoms with E-state index in [0.29, 0.717) is 17.8 Å². The van der Waals surface area contributed by atoms with E-state index in [1.165, 1.54) is 18.7 Å². The molecule has 0 bridgehead atoms. The first kappa shape index (κ1) is 13.5. The van der Waals surface area contributed by atoms with Crippen molar-refractivity contribution in [2.45, 2.75) is 24.0 Å². The molecule has 1 aromatic heterocycles. The molecule has 1 aliphatic carbocycles. The van der Waals surface area contributed by atoms with Crippen molar-refractivity contribution < 1.29 is 4.79 Å². The number of aromatic nitrogens is 1. The quantitative estimate of drug-likeness (QED) is 0.833. The van der Waals surface area contributed by atoms with Gasteiger partial charge in [-0.25, -0.2) is 4.98 Å². The van der Waals surface area contributed by atoms with E-state index in [1.807, 2.05) is 11.8 Å². The molecule has 0 aromatic carbocycles. The maximum Gasteiger partial charge on any atom is 0.253 e. The van der Waals surface area contributed by atoms with Gasteiger partial charge in [-0.15, -0.1) is 0 Å². The topological polar surface area (TPSA) is 68.0 Å². The number of amides is 1. The summed E-state index contributed by atoms with van der Waals surface area (Å²) in [6.45, 7) is 0.673. The van der Waals surface area contributed by atoms with Crippen LogP contribution in [-0.2, 0) is 0 Å². The van der Waals surface area contributed by atoms with Gasteiger partial charge >= 0.3 is 0 Å². The molecule has 1 amide bonds. The zero-order valence-electron chi connectivity index (χ0n) is 10.2. The first-order chi connectivity index (χ1) is 8.56. The summed E-state index contributed by atoms with van der Waals surface area (Å²) in [5.41, 5.74) is 6.47. The average Bonchev–Trinajstić information content (AvgIpc) is 2.31. The second kappa shape index (κ2) is 5.36. The van der Waals surface area contributed by atoms with Crippen molar-refractivity contribution in [1.82, 2.24) is 10.3 Å². The van der Waals surface area contributed by atoms with Crippen LogP contribution in [0, 0.1) is 0 Å². The molecule has 0 saturated heterocycles. The molecule has 1 heterocycles. The van der Waals surface area contributed by atoms with Gasteiger partial charge in [-0.1, -0.05) is 18.0 Å². The summed E-state index contributed by atoms with van der Waals surface area (Å²) in [4.78, 5) is 15.9. The van der Waals surface area contributed by atoms with E-state index in [1.54, 1.807) is 0 Å². The fourth-order valence-corrected chi connectivity index (χ4v) is 3.07. The Morgan fingerprint density at radius 2 is 2.39 bits per heavy atom. The van der Waals surface area contributed by atoms with Crippen LogP contribution in [0.15, 0.2) is 12.3 Å². The van der Waals surface area contributed by atoms with Gasteiger partial charge < -0.3 is 11.1 Å². The molecule has 1 saturated carbocycles. The number of nitrogen functional groups attached to an aromatic ring is 1. The van der Waals surface area contributed by atoms with Crippen LogP contribution in [0.2, 0.25) is 5.15 Å². The number of carbonyl (C=O) groups is 1. The molecule has 18 heavy (non-hydrogen) atoms. The molecule has 1 aliphatic rings. The van der Waals surface area contributed by atoms with Crippen molar-refractivity contribution in [3.8, 4) is 0 Å². The Bertz CT molecular complexity index is 457. The van der Waals surface area contributed by atoms with Crippen molar-refractivity contribution in [3.63, 3.8) is 0 Å². The number of thioether (sulfide) groups is 1. The zero-order valence-corrected chi connectivity index (χ0v) is 11.8. The number of carbonyl (C=O) groups excluding carboxylic acids is 1. The Balaban J connectivity index is 2.01. The Kier molecular flexibility index (Phi) is 4.02. The number of anilines is 1. The normalized spacial score (nSPS) is 17.0. The van der Waals surface area contributed by atoms with E-state index in [4.69, 9.17) is 17.3 Å². The van der Waals surface area contributed by atoms with Crippen molar-refractivity contribution in [3.05, 3.63) is 23.0 Å². The van der Waals surface area contributed by atoms with Gasteiger partial charge in [-0.3, -0.25) is 4.79 Å². The van der Waals surface area contributed by atoms with E-state index in [9.17, 15) is 4.79 Å². The number of hydrogen-bond donors (Lipinski definition) is 2. The molecule has 98 valence electrons. The van der Waals surface area contributed by atoms with E-state index in [0.717, 1.165) is 12.8 Å². The minimum atomic E-state index is -0.183. The third-order valence-corrected chi connectivity index (χ3v) is 5.04. The highest BCUT2D eigenvalue weighted by Crippen LogP contribution is 2.42. The van der Waals surface area contributed by atoms with Crippen LogP contribution in [0.3, 0.4) is 0 Å². The number of nitrogens with one attached hydrogen (secondary N) is 1. The molecule has 1 aromatic rings. The third-order valence-electron chi connectivity index (χ3n) is 3.41. The lowest BCUT2D eigenvalue weighted by molar-refractivity contribution is 0.0944. The summed E-state index contributed by atoms with van der Waals surface area (Å²) < 4.78 is 0.210. The zero-order chi connectivity index (χ0) is 13.2. The number of pyridine rings is 1. The van der Waals surface area contributed by atoms with Crippen LogP contribution in [0.4, 0.5) is 5.69 Å². The van der Waals surface area contributed by atoms with E-state index >= 15 is 0 Å². The lowest BCUT2D eigenvalue weighted by atomic mass is 9.84. The Hall–Kier alpha value is -0.940. The van der Waals surface area contributed by atoms with E-state index in [-0.39, 0.29) is 15.8 Å². The molecule has 0 aliphatic heterocycles. The van der Waals surface area contributed by atoms with Crippen molar-refractivity contribution in [1.29, 1.82) is 0 Å². The summed E-state index contributed by atoms with van der Waals surface area (Å²) in [5, 5.41) is 3.21. The molecule has 0 radical (unpaired) electrons. The summed E-state index contributed by atoms with van der Waals surface area (Å²) in [5.74, 6) is -0.183.